The van der Waals surface area contributed by atoms with Crippen molar-refractivity contribution in [1.29, 1.82) is 0 Å². The number of thiazole rings is 1. The molecule has 2 aliphatic rings. The van der Waals surface area contributed by atoms with E-state index in [1.807, 2.05) is 0 Å². The summed E-state index contributed by atoms with van der Waals surface area (Å²) in [4.78, 5) is 42.9. The predicted octanol–water partition coefficient (Wildman–Crippen LogP) is -0.0652. The highest BCUT2D eigenvalue weighted by Crippen LogP contribution is 2.42. The average Bonchev–Trinajstić information content (AvgIpc) is 3.37. The van der Waals surface area contributed by atoms with Crippen molar-refractivity contribution in [3.63, 3.8) is 0 Å². The van der Waals surface area contributed by atoms with Crippen molar-refractivity contribution in [2.24, 2.45) is 12.2 Å². The lowest BCUT2D eigenvalue weighted by Crippen LogP contribution is -2.71. The van der Waals surface area contributed by atoms with Gasteiger partial charge < -0.3 is 16.3 Å². The second-order valence-electron chi connectivity index (χ2n) is 6.62. The van der Waals surface area contributed by atoms with Gasteiger partial charge in [0.1, 0.15) is 27.8 Å². The fourth-order valence-corrected chi connectivity index (χ4v) is 6.38. The summed E-state index contributed by atoms with van der Waals surface area (Å²) in [5.41, 5.74) is 6.28. The summed E-state index contributed by atoms with van der Waals surface area (Å²) in [5.74, 6) is -0.294. The van der Waals surface area contributed by atoms with Gasteiger partial charge in [0, 0.05) is 23.9 Å². The molecule has 2 atom stereocenters. The molecule has 4 heterocycles. The minimum Gasteiger partial charge on any atom is -0.410 e. The molecule has 0 bridgehead atoms. The third-order valence-electron chi connectivity index (χ3n) is 4.68. The number of nitrogen functional groups attached to an aromatic ring is 1. The number of aryl methyl sites for hydroxylation is 1. The molecule has 0 radical (unpaired) electrons. The molecule has 0 saturated carbocycles. The van der Waals surface area contributed by atoms with Crippen molar-refractivity contribution in [2.75, 3.05) is 17.2 Å². The van der Waals surface area contributed by atoms with Gasteiger partial charge in [-0.1, -0.05) is 23.0 Å². The Morgan fingerprint density at radius 1 is 1.50 bits per heavy atom. The summed E-state index contributed by atoms with van der Waals surface area (Å²) >= 11 is 7.90. The number of nitrogens with zero attached hydrogens (tertiary/aromatic N) is 6. The van der Waals surface area contributed by atoms with Crippen LogP contribution in [0.25, 0.3) is 0 Å². The number of nitrogens with two attached hydrogens (primary N) is 1. The van der Waals surface area contributed by atoms with Gasteiger partial charge in [-0.15, -0.1) is 40.0 Å². The first kappa shape index (κ1) is 22.6. The quantitative estimate of drug-likeness (QED) is 0.0984. The Labute approximate surface area is 199 Å². The number of thioether (sulfide) groups is 2. The second-order valence-corrected chi connectivity index (χ2v) is 10.0. The third kappa shape index (κ3) is 4.10. The van der Waals surface area contributed by atoms with Crippen LogP contribution in [0.5, 0.6) is 0 Å². The Kier molecular flexibility index (Phi) is 6.45. The summed E-state index contributed by atoms with van der Waals surface area (Å²) < 4.78 is 1.61. The summed E-state index contributed by atoms with van der Waals surface area (Å²) in [5, 5.41) is 24.0. The molecule has 32 heavy (non-hydrogen) atoms. The molecule has 2 aromatic rings. The molecule has 2 amide bonds. The molecule has 1 fully saturated rings. The van der Waals surface area contributed by atoms with E-state index in [2.05, 4.69) is 38.4 Å². The Balaban J connectivity index is 1.48. The number of hydrogen-bond donors (Lipinski definition) is 4. The highest BCUT2D eigenvalue weighted by atomic mass is 32.2. The molecule has 1 saturated heterocycles. The monoisotopic (exact) mass is 512 g/mol. The maximum atomic E-state index is 12.8. The summed E-state index contributed by atoms with van der Waals surface area (Å²) in [7, 11) is 1.76. The standard InChI is InChI=1S/C16H16N8O4S4/c1-23-8(2-18-22-23)30-3-6-4-31-14-10(13(26)24(14)11(6)15(27)29)20-12(25)9(21-28)7-5-32-16(17)19-7/h2,5,10,14,28H,3-4H2,1H3,(H2,17,19)(H,20,25)(H,27,29)/b21-9+/t10-,14-/m1/s1. The van der Waals surface area contributed by atoms with E-state index in [-0.39, 0.29) is 22.2 Å². The van der Waals surface area contributed by atoms with Crippen LogP contribution in [0.15, 0.2) is 33.0 Å². The first-order chi connectivity index (χ1) is 15.3. The van der Waals surface area contributed by atoms with E-state index in [1.165, 1.54) is 33.8 Å². The number of β-lactam (4-membered cyclic amide) rings is 1. The van der Waals surface area contributed by atoms with Crippen LogP contribution in [0.4, 0.5) is 5.13 Å². The lowest BCUT2D eigenvalue weighted by molar-refractivity contribution is -0.146. The zero-order chi connectivity index (χ0) is 23.0. The Hall–Kier alpha value is -2.56. The zero-order valence-electron chi connectivity index (χ0n) is 16.3. The van der Waals surface area contributed by atoms with E-state index in [0.29, 0.717) is 11.5 Å². The molecule has 4 N–H and O–H groups in total. The highest BCUT2D eigenvalue weighted by Gasteiger charge is 2.53. The summed E-state index contributed by atoms with van der Waals surface area (Å²) in [6.07, 6.45) is 1.61. The van der Waals surface area contributed by atoms with E-state index < -0.39 is 28.3 Å². The molecule has 2 aliphatic heterocycles. The van der Waals surface area contributed by atoms with Crippen LogP contribution in [0.2, 0.25) is 0 Å². The van der Waals surface area contributed by atoms with Crippen molar-refractivity contribution in [1.82, 2.24) is 30.2 Å². The first-order valence-electron chi connectivity index (χ1n) is 8.93. The number of rotatable bonds is 7. The molecular formula is C16H16N8O4S4. The van der Waals surface area contributed by atoms with Gasteiger partial charge in [-0.2, -0.15) is 0 Å². The molecule has 16 heteroatoms. The number of amides is 2. The number of nitrogens with one attached hydrogen (secondary N) is 1. The normalized spacial score (nSPS) is 20.8. The molecule has 0 unspecified atom stereocenters. The van der Waals surface area contributed by atoms with Crippen LogP contribution in [-0.2, 0) is 21.4 Å². The van der Waals surface area contributed by atoms with E-state index >= 15 is 0 Å². The smallest absolute Gasteiger partial charge is 0.276 e. The Bertz CT molecular complexity index is 1160. The zero-order valence-corrected chi connectivity index (χ0v) is 19.7. The lowest BCUT2D eigenvalue weighted by Gasteiger charge is -2.49. The molecule has 4 rings (SSSR count). The number of aromatic nitrogens is 4. The van der Waals surface area contributed by atoms with Crippen LogP contribution >= 0.6 is 47.5 Å². The summed E-state index contributed by atoms with van der Waals surface area (Å²) in [6.45, 7) is 0. The van der Waals surface area contributed by atoms with Crippen molar-refractivity contribution in [3.8, 4) is 0 Å². The molecule has 0 aliphatic carbocycles. The Morgan fingerprint density at radius 3 is 2.88 bits per heavy atom. The first-order valence-corrected chi connectivity index (χ1v) is 12.3. The SMILES string of the molecule is Cn1nncc1SCC1=C(C(=O)S)N2C(=O)[C@@H](NC(=O)/C(=N/O)c3csc(N)n3)[C@H]2SC1. The number of oxime groups is 1. The fraction of sp³-hybridized carbons (Fsp3) is 0.312. The predicted molar refractivity (Wildman–Crippen MR) is 123 cm³/mol. The van der Waals surface area contributed by atoms with E-state index in [1.54, 1.807) is 17.9 Å². The van der Waals surface area contributed by atoms with Gasteiger partial charge in [0.25, 0.3) is 11.8 Å². The topological polar surface area (TPSA) is 169 Å². The number of thiol groups is 1. The largest absolute Gasteiger partial charge is 0.410 e. The van der Waals surface area contributed by atoms with Gasteiger partial charge in [-0.05, 0) is 5.57 Å². The number of carbonyl (C=O) groups is 3. The molecule has 2 aromatic heterocycles. The molecule has 12 nitrogen and oxygen atoms in total. The minimum absolute atomic E-state index is 0.0995. The summed E-state index contributed by atoms with van der Waals surface area (Å²) in [6, 6.07) is -0.890. The van der Waals surface area contributed by atoms with E-state index in [4.69, 9.17) is 5.73 Å². The van der Waals surface area contributed by atoms with E-state index in [0.717, 1.165) is 21.9 Å². The number of anilines is 1. The Morgan fingerprint density at radius 2 is 2.28 bits per heavy atom. The fourth-order valence-electron chi connectivity index (χ4n) is 3.19. The van der Waals surface area contributed by atoms with Crippen LogP contribution in [0.1, 0.15) is 5.69 Å². The van der Waals surface area contributed by atoms with Crippen LogP contribution in [0, 0.1) is 0 Å². The minimum atomic E-state index is -0.890. The lowest BCUT2D eigenvalue weighted by atomic mass is 10.0. The van der Waals surface area contributed by atoms with Crippen molar-refractivity contribution in [2.45, 2.75) is 16.4 Å². The van der Waals surface area contributed by atoms with Crippen LogP contribution in [0.3, 0.4) is 0 Å². The van der Waals surface area contributed by atoms with Crippen LogP contribution in [-0.4, -0.2) is 75.6 Å². The third-order valence-corrected chi connectivity index (χ3v) is 8.07. The van der Waals surface area contributed by atoms with Crippen molar-refractivity contribution < 1.29 is 19.6 Å². The van der Waals surface area contributed by atoms with Crippen molar-refractivity contribution >= 4 is 75.3 Å². The van der Waals surface area contributed by atoms with Gasteiger partial charge in [0.2, 0.25) is 5.12 Å². The number of hydrogen-bond acceptors (Lipinski definition) is 12. The van der Waals surface area contributed by atoms with Crippen LogP contribution < -0.4 is 11.1 Å². The molecule has 0 spiro atoms. The number of fused-ring (bicyclic) bond motifs is 1. The van der Waals surface area contributed by atoms with Gasteiger partial charge in [0.15, 0.2) is 10.8 Å². The van der Waals surface area contributed by atoms with Gasteiger partial charge in [-0.3, -0.25) is 19.3 Å². The van der Waals surface area contributed by atoms with E-state index in [9.17, 15) is 19.6 Å². The molecular weight excluding hydrogens is 496 g/mol. The molecule has 168 valence electrons. The average molecular weight is 513 g/mol. The molecule has 0 aromatic carbocycles. The van der Waals surface area contributed by atoms with Gasteiger partial charge in [0.05, 0.1) is 6.20 Å². The van der Waals surface area contributed by atoms with Gasteiger partial charge >= 0.3 is 0 Å². The van der Waals surface area contributed by atoms with Crippen molar-refractivity contribution in [3.05, 3.63) is 28.5 Å². The van der Waals surface area contributed by atoms with Gasteiger partial charge in [-0.25, -0.2) is 9.67 Å². The second kappa shape index (κ2) is 9.13. The maximum absolute atomic E-state index is 12.8. The highest BCUT2D eigenvalue weighted by molar-refractivity contribution is 8.01. The maximum Gasteiger partial charge on any atom is 0.276 e. The number of carbonyl (C=O) groups excluding carboxylic acids is 3.